The lowest BCUT2D eigenvalue weighted by molar-refractivity contribution is -0.132. The van der Waals surface area contributed by atoms with Gasteiger partial charge in [-0.05, 0) is 36.6 Å². The predicted molar refractivity (Wildman–Crippen MR) is 158 cm³/mol. The smallest absolute Gasteiger partial charge is 0.331 e. The highest BCUT2D eigenvalue weighted by Gasteiger charge is 2.21. The number of methoxy groups -OCH3 is 1. The number of hydrogen-bond donors (Lipinski definition) is 2. The molecule has 0 aliphatic rings. The second kappa shape index (κ2) is 13.7. The SMILES string of the molecule is COC(CCOCC(C)(C)C)c1cccc(-c2csc(NC(=O)c3cc(Cl)c(/C=C(\C)C(=O)O)c(Cl)c3)n2)c1F. The number of rotatable bonds is 11. The van der Waals surface area contributed by atoms with Crippen molar-refractivity contribution in [3.05, 3.63) is 73.8 Å². The van der Waals surface area contributed by atoms with Crippen LogP contribution >= 0.6 is 34.5 Å². The van der Waals surface area contributed by atoms with Gasteiger partial charge < -0.3 is 14.6 Å². The highest BCUT2D eigenvalue weighted by atomic mass is 35.5. The number of hydrogen-bond acceptors (Lipinski definition) is 6. The van der Waals surface area contributed by atoms with E-state index in [4.69, 9.17) is 37.8 Å². The normalized spacial score (nSPS) is 12.8. The highest BCUT2D eigenvalue weighted by molar-refractivity contribution is 7.14. The van der Waals surface area contributed by atoms with Gasteiger partial charge in [-0.15, -0.1) is 11.3 Å². The van der Waals surface area contributed by atoms with E-state index in [2.05, 4.69) is 31.1 Å². The third kappa shape index (κ3) is 8.34. The Hall–Kier alpha value is -2.82. The van der Waals surface area contributed by atoms with Crippen molar-refractivity contribution in [3.63, 3.8) is 0 Å². The van der Waals surface area contributed by atoms with Gasteiger partial charge in [-0.2, -0.15) is 0 Å². The maximum Gasteiger partial charge on any atom is 0.331 e. The summed E-state index contributed by atoms with van der Waals surface area (Å²) in [5.74, 6) is -2.09. The molecule has 0 fully saturated rings. The van der Waals surface area contributed by atoms with E-state index in [1.807, 2.05) is 0 Å². The van der Waals surface area contributed by atoms with Gasteiger partial charge in [-0.1, -0.05) is 56.1 Å². The molecule has 7 nitrogen and oxygen atoms in total. The minimum absolute atomic E-state index is 0.0336. The second-order valence-corrected chi connectivity index (χ2v) is 12.0. The van der Waals surface area contributed by atoms with E-state index >= 15 is 4.39 Å². The summed E-state index contributed by atoms with van der Waals surface area (Å²) in [6.07, 6.45) is 1.32. The van der Waals surface area contributed by atoms with Gasteiger partial charge in [0.25, 0.3) is 5.91 Å². The maximum absolute atomic E-state index is 15.6. The van der Waals surface area contributed by atoms with Crippen molar-refractivity contribution in [2.45, 2.75) is 40.2 Å². The molecule has 0 radical (unpaired) electrons. The van der Waals surface area contributed by atoms with Gasteiger partial charge in [0, 0.05) is 53.3 Å². The first-order valence-corrected chi connectivity index (χ1v) is 14.0. The van der Waals surface area contributed by atoms with Crippen molar-refractivity contribution in [3.8, 4) is 11.3 Å². The average Bonchev–Trinajstić information content (AvgIpc) is 3.33. The average molecular weight is 610 g/mol. The predicted octanol–water partition coefficient (Wildman–Crippen LogP) is 8.14. The Morgan fingerprint density at radius 2 is 1.90 bits per heavy atom. The first-order valence-electron chi connectivity index (χ1n) is 12.4. The first kappa shape index (κ1) is 31.7. The molecule has 11 heteroatoms. The van der Waals surface area contributed by atoms with Crippen LogP contribution in [0.15, 0.2) is 41.3 Å². The topological polar surface area (TPSA) is 97.8 Å². The van der Waals surface area contributed by atoms with Crippen LogP contribution in [-0.4, -0.2) is 42.3 Å². The molecule has 0 saturated carbocycles. The van der Waals surface area contributed by atoms with E-state index in [1.54, 1.807) is 23.6 Å². The fourth-order valence-electron chi connectivity index (χ4n) is 3.72. The summed E-state index contributed by atoms with van der Waals surface area (Å²) in [5.41, 5.74) is 1.56. The quantitative estimate of drug-likeness (QED) is 0.168. The molecule has 0 bridgehead atoms. The number of halogens is 3. The molecule has 0 aliphatic carbocycles. The van der Waals surface area contributed by atoms with Crippen molar-refractivity contribution in [2.75, 3.05) is 25.6 Å². The molecule has 1 unspecified atom stereocenters. The minimum Gasteiger partial charge on any atom is -0.478 e. The summed E-state index contributed by atoms with van der Waals surface area (Å²) >= 11 is 13.7. The molecule has 0 saturated heterocycles. The maximum atomic E-state index is 15.6. The van der Waals surface area contributed by atoms with Crippen LogP contribution in [0, 0.1) is 11.2 Å². The Kier molecular flexibility index (Phi) is 10.9. The summed E-state index contributed by atoms with van der Waals surface area (Å²) in [5, 5.41) is 13.9. The molecule has 0 spiro atoms. The van der Waals surface area contributed by atoms with Crippen molar-refractivity contribution >= 4 is 57.6 Å². The molecule has 1 amide bonds. The lowest BCUT2D eigenvalue weighted by Crippen LogP contribution is -2.16. The molecule has 3 aromatic rings. The molecule has 2 N–H and O–H groups in total. The van der Waals surface area contributed by atoms with Crippen LogP contribution in [-0.2, 0) is 14.3 Å². The fraction of sp³-hybridized carbons (Fsp3) is 0.345. The largest absolute Gasteiger partial charge is 0.478 e. The van der Waals surface area contributed by atoms with Crippen LogP contribution in [0.5, 0.6) is 0 Å². The van der Waals surface area contributed by atoms with Gasteiger partial charge in [0.1, 0.15) is 5.82 Å². The molecular weight excluding hydrogens is 578 g/mol. The molecule has 1 atom stereocenters. The van der Waals surface area contributed by atoms with Crippen molar-refractivity contribution < 1.29 is 28.6 Å². The van der Waals surface area contributed by atoms with E-state index in [1.165, 1.54) is 32.2 Å². The zero-order chi connectivity index (χ0) is 29.6. The summed E-state index contributed by atoms with van der Waals surface area (Å²) < 4.78 is 26.9. The van der Waals surface area contributed by atoms with Crippen LogP contribution in [0.2, 0.25) is 10.0 Å². The molecule has 1 aromatic heterocycles. The van der Waals surface area contributed by atoms with Gasteiger partial charge >= 0.3 is 5.97 Å². The number of benzene rings is 2. The molecular formula is C29H31Cl2FN2O5S. The summed E-state index contributed by atoms with van der Waals surface area (Å²) in [6.45, 7) is 8.67. The monoisotopic (exact) mass is 608 g/mol. The highest BCUT2D eigenvalue weighted by Crippen LogP contribution is 2.33. The minimum atomic E-state index is -1.11. The Balaban J connectivity index is 1.75. The lowest BCUT2D eigenvalue weighted by Gasteiger charge is -2.21. The second-order valence-electron chi connectivity index (χ2n) is 10.3. The van der Waals surface area contributed by atoms with Gasteiger partial charge in [0.05, 0.1) is 28.5 Å². The lowest BCUT2D eigenvalue weighted by atomic mass is 9.98. The van der Waals surface area contributed by atoms with Crippen molar-refractivity contribution in [2.24, 2.45) is 5.41 Å². The standard InChI is InChI=1S/C29H31Cl2FN2O5S/c1-16(27(36)37)11-20-21(30)12-17(13-22(20)31)26(35)34-28-33-23(14-40-28)18-7-6-8-19(25(18)32)24(38-5)9-10-39-15-29(2,3)4/h6-8,11-14,24H,9-10,15H2,1-5H3,(H,36,37)(H,33,34,35)/b16-11+. The van der Waals surface area contributed by atoms with Crippen molar-refractivity contribution in [1.82, 2.24) is 4.98 Å². The molecule has 0 aliphatic heterocycles. The van der Waals surface area contributed by atoms with E-state index < -0.39 is 23.8 Å². The number of nitrogens with one attached hydrogen (secondary N) is 1. The Bertz CT molecular complexity index is 1390. The summed E-state index contributed by atoms with van der Waals surface area (Å²) in [4.78, 5) is 28.4. The van der Waals surface area contributed by atoms with Gasteiger partial charge in [-0.25, -0.2) is 14.2 Å². The van der Waals surface area contributed by atoms with E-state index in [0.29, 0.717) is 36.5 Å². The molecule has 3 rings (SSSR count). The molecule has 1 heterocycles. The molecule has 214 valence electrons. The number of carboxylic acid groups (broad SMARTS) is 1. The number of amides is 1. The van der Waals surface area contributed by atoms with E-state index in [9.17, 15) is 9.59 Å². The molecule has 2 aromatic carbocycles. The number of carbonyl (C=O) groups excluding carboxylic acids is 1. The third-order valence-electron chi connectivity index (χ3n) is 5.76. The van der Waals surface area contributed by atoms with E-state index in [-0.39, 0.29) is 37.3 Å². The van der Waals surface area contributed by atoms with Crippen LogP contribution in [0.3, 0.4) is 0 Å². The Morgan fingerprint density at radius 1 is 1.23 bits per heavy atom. The Morgan fingerprint density at radius 3 is 2.50 bits per heavy atom. The van der Waals surface area contributed by atoms with Crippen LogP contribution in [0.25, 0.3) is 17.3 Å². The van der Waals surface area contributed by atoms with Gasteiger partial charge in [0.2, 0.25) is 0 Å². The first-order chi connectivity index (χ1) is 18.8. The number of aromatic nitrogens is 1. The van der Waals surface area contributed by atoms with Gasteiger partial charge in [0.15, 0.2) is 5.13 Å². The number of thiazole rings is 1. The molecule has 40 heavy (non-hydrogen) atoms. The number of carbonyl (C=O) groups is 2. The van der Waals surface area contributed by atoms with Crippen LogP contribution < -0.4 is 5.32 Å². The third-order valence-corrected chi connectivity index (χ3v) is 7.14. The van der Waals surface area contributed by atoms with E-state index in [0.717, 1.165) is 11.3 Å². The number of anilines is 1. The number of aliphatic carboxylic acids is 1. The zero-order valence-corrected chi connectivity index (χ0v) is 25.1. The zero-order valence-electron chi connectivity index (χ0n) is 22.8. The number of nitrogens with zero attached hydrogens (tertiary/aromatic N) is 1. The van der Waals surface area contributed by atoms with Gasteiger partial charge in [-0.3, -0.25) is 10.1 Å². The van der Waals surface area contributed by atoms with Crippen molar-refractivity contribution in [1.29, 1.82) is 0 Å². The summed E-state index contributed by atoms with van der Waals surface area (Å²) in [6, 6.07) is 7.80. The fourth-order valence-corrected chi connectivity index (χ4v) is 5.02. The number of carboxylic acids is 1. The summed E-state index contributed by atoms with van der Waals surface area (Å²) in [7, 11) is 1.53. The number of ether oxygens (including phenoxy) is 2. The Labute approximate surface area is 246 Å². The van der Waals surface area contributed by atoms with Crippen LogP contribution in [0.1, 0.15) is 61.7 Å². The van der Waals surface area contributed by atoms with Crippen LogP contribution in [0.4, 0.5) is 9.52 Å².